The summed E-state index contributed by atoms with van der Waals surface area (Å²) in [6, 6.07) is 6.75. The molecule has 0 saturated carbocycles. The van der Waals surface area contributed by atoms with Crippen molar-refractivity contribution in [2.24, 2.45) is 0 Å². The maximum Gasteiger partial charge on any atom is 0.243 e. The van der Waals surface area contributed by atoms with Gasteiger partial charge in [0.05, 0.1) is 16.5 Å². The van der Waals surface area contributed by atoms with Crippen molar-refractivity contribution in [3.05, 3.63) is 28.2 Å². The minimum atomic E-state index is -3.56. The van der Waals surface area contributed by atoms with Crippen LogP contribution >= 0.6 is 15.9 Å². The van der Waals surface area contributed by atoms with Gasteiger partial charge in [-0.25, -0.2) is 8.42 Å². The molecule has 5 nitrogen and oxygen atoms in total. The van der Waals surface area contributed by atoms with Crippen molar-refractivity contribution < 1.29 is 8.42 Å². The van der Waals surface area contributed by atoms with E-state index >= 15 is 0 Å². The van der Waals surface area contributed by atoms with E-state index in [1.165, 1.54) is 6.07 Å². The van der Waals surface area contributed by atoms with E-state index < -0.39 is 10.0 Å². The largest absolute Gasteiger partial charge is 0.315 e. The molecule has 0 aromatic heterocycles. The smallest absolute Gasteiger partial charge is 0.243 e. The molecule has 1 aromatic rings. The van der Waals surface area contributed by atoms with Gasteiger partial charge in [0, 0.05) is 23.1 Å². The van der Waals surface area contributed by atoms with Crippen LogP contribution in [0.4, 0.5) is 0 Å². The van der Waals surface area contributed by atoms with E-state index in [2.05, 4.69) is 21.2 Å². The maximum atomic E-state index is 13.0. The molecular weight excluding hydrogens is 354 g/mol. The Morgan fingerprint density at radius 2 is 2.00 bits per heavy atom. The van der Waals surface area contributed by atoms with Gasteiger partial charge in [-0.2, -0.15) is 9.57 Å². The number of halogens is 1. The number of sulfonamides is 1. The van der Waals surface area contributed by atoms with Gasteiger partial charge >= 0.3 is 0 Å². The molecule has 3 rings (SSSR count). The summed E-state index contributed by atoms with van der Waals surface area (Å²) in [5.41, 5.74) is 0.350. The zero-order chi connectivity index (χ0) is 15.0. The summed E-state index contributed by atoms with van der Waals surface area (Å²) < 4.78 is 28.3. The summed E-state index contributed by atoms with van der Waals surface area (Å²) in [6.07, 6.45) is 2.66. The summed E-state index contributed by atoms with van der Waals surface area (Å²) in [6.45, 7) is 1.56. The second-order valence-electron chi connectivity index (χ2n) is 5.50. The minimum absolute atomic E-state index is 0.0204. The lowest BCUT2D eigenvalue weighted by atomic mass is 10.1. The standard InChI is InChI=1S/C14H16BrN3O2S/c15-11-5-10(8-16)6-14(7-11)21(19,20)18-12-1-2-13(18)9-17-4-3-12/h5-7,12-13,17H,1-4,9H2. The fraction of sp³-hybridized carbons (Fsp3) is 0.500. The third-order valence-corrected chi connectivity index (χ3v) is 6.60. The average Bonchev–Trinajstić information content (AvgIpc) is 2.72. The first-order valence-electron chi connectivity index (χ1n) is 6.97. The highest BCUT2D eigenvalue weighted by Gasteiger charge is 2.43. The molecule has 7 heteroatoms. The van der Waals surface area contributed by atoms with Crippen molar-refractivity contribution in [2.45, 2.75) is 36.2 Å². The molecule has 2 fully saturated rings. The minimum Gasteiger partial charge on any atom is -0.315 e. The Morgan fingerprint density at radius 1 is 1.24 bits per heavy atom. The molecule has 2 atom stereocenters. The van der Waals surface area contributed by atoms with E-state index in [-0.39, 0.29) is 17.0 Å². The Kier molecular flexibility index (Phi) is 4.06. The fourth-order valence-electron chi connectivity index (χ4n) is 3.23. The Morgan fingerprint density at radius 3 is 2.76 bits per heavy atom. The van der Waals surface area contributed by atoms with Gasteiger partial charge in [-0.15, -0.1) is 0 Å². The van der Waals surface area contributed by atoms with E-state index in [1.807, 2.05) is 6.07 Å². The van der Waals surface area contributed by atoms with E-state index in [0.717, 1.165) is 25.8 Å². The number of hydrogen-bond acceptors (Lipinski definition) is 4. The summed E-state index contributed by atoms with van der Waals surface area (Å²) in [4.78, 5) is 0.201. The predicted molar refractivity (Wildman–Crippen MR) is 82.2 cm³/mol. The molecule has 21 heavy (non-hydrogen) atoms. The fourth-order valence-corrected chi connectivity index (χ4v) is 5.84. The highest BCUT2D eigenvalue weighted by Crippen LogP contribution is 2.34. The van der Waals surface area contributed by atoms with Crippen LogP contribution in [-0.2, 0) is 10.0 Å². The zero-order valence-electron chi connectivity index (χ0n) is 11.4. The lowest BCUT2D eigenvalue weighted by molar-refractivity contribution is 0.334. The normalized spacial score (nSPS) is 26.3. The molecule has 1 N–H and O–H groups in total. The topological polar surface area (TPSA) is 73.2 Å². The first kappa shape index (κ1) is 15.0. The number of nitrogens with one attached hydrogen (secondary N) is 1. The Bertz CT molecular complexity index is 685. The van der Waals surface area contributed by atoms with Gasteiger partial charge in [0.15, 0.2) is 0 Å². The van der Waals surface area contributed by atoms with Crippen molar-refractivity contribution in [3.63, 3.8) is 0 Å². The lowest BCUT2D eigenvalue weighted by Gasteiger charge is -2.27. The van der Waals surface area contributed by atoms with Crippen LogP contribution in [0.5, 0.6) is 0 Å². The first-order chi connectivity index (χ1) is 10.0. The number of nitriles is 1. The highest BCUT2D eigenvalue weighted by molar-refractivity contribution is 9.10. The molecule has 0 amide bonds. The summed E-state index contributed by atoms with van der Waals surface area (Å²) in [5.74, 6) is 0. The van der Waals surface area contributed by atoms with Crippen LogP contribution < -0.4 is 5.32 Å². The van der Waals surface area contributed by atoms with Crippen LogP contribution in [0.1, 0.15) is 24.8 Å². The van der Waals surface area contributed by atoms with E-state index in [4.69, 9.17) is 5.26 Å². The number of benzene rings is 1. The monoisotopic (exact) mass is 369 g/mol. The highest BCUT2D eigenvalue weighted by atomic mass is 79.9. The maximum absolute atomic E-state index is 13.0. The summed E-state index contributed by atoms with van der Waals surface area (Å²) in [5, 5.41) is 12.3. The van der Waals surface area contributed by atoms with Crippen LogP contribution in [-0.4, -0.2) is 37.9 Å². The van der Waals surface area contributed by atoms with Gasteiger partial charge in [0.1, 0.15) is 0 Å². The first-order valence-corrected chi connectivity index (χ1v) is 9.20. The molecule has 2 bridgehead atoms. The lowest BCUT2D eigenvalue weighted by Crippen LogP contribution is -2.42. The van der Waals surface area contributed by atoms with Crippen LogP contribution in [0, 0.1) is 11.3 Å². The molecule has 2 unspecified atom stereocenters. The van der Waals surface area contributed by atoms with Crippen LogP contribution in [0.2, 0.25) is 0 Å². The summed E-state index contributed by atoms with van der Waals surface area (Å²) in [7, 11) is -3.56. The van der Waals surface area contributed by atoms with Crippen LogP contribution in [0.25, 0.3) is 0 Å². The molecule has 1 aromatic carbocycles. The Hall–Kier alpha value is -0.940. The number of hydrogen-bond donors (Lipinski definition) is 1. The molecule has 2 aliphatic rings. The van der Waals surface area contributed by atoms with Gasteiger partial charge < -0.3 is 5.32 Å². The predicted octanol–water partition coefficient (Wildman–Crippen LogP) is 1.84. The van der Waals surface area contributed by atoms with Crippen molar-refractivity contribution in [2.75, 3.05) is 13.1 Å². The quantitative estimate of drug-likeness (QED) is 0.862. The average molecular weight is 370 g/mol. The molecule has 112 valence electrons. The molecule has 2 aliphatic heterocycles. The van der Waals surface area contributed by atoms with Gasteiger partial charge in [0.25, 0.3) is 0 Å². The SMILES string of the molecule is N#Cc1cc(Br)cc(S(=O)(=O)N2C3CCNCC2CC3)c1. The van der Waals surface area contributed by atoms with Crippen molar-refractivity contribution in [1.29, 1.82) is 5.26 Å². The molecule has 0 aliphatic carbocycles. The van der Waals surface area contributed by atoms with Gasteiger partial charge in [-0.1, -0.05) is 15.9 Å². The molecule has 2 saturated heterocycles. The van der Waals surface area contributed by atoms with Crippen molar-refractivity contribution >= 4 is 26.0 Å². The van der Waals surface area contributed by atoms with Gasteiger partial charge in [-0.05, 0) is 44.0 Å². The molecule has 0 radical (unpaired) electrons. The van der Waals surface area contributed by atoms with Crippen molar-refractivity contribution in [1.82, 2.24) is 9.62 Å². The van der Waals surface area contributed by atoms with E-state index in [0.29, 0.717) is 16.6 Å². The molecule has 0 spiro atoms. The Labute approximate surface area is 133 Å². The van der Waals surface area contributed by atoms with E-state index in [1.54, 1.807) is 16.4 Å². The second kappa shape index (κ2) is 5.69. The number of fused-ring (bicyclic) bond motifs is 2. The van der Waals surface area contributed by atoms with Gasteiger partial charge in [-0.3, -0.25) is 0 Å². The van der Waals surface area contributed by atoms with Crippen LogP contribution in [0.15, 0.2) is 27.6 Å². The van der Waals surface area contributed by atoms with Gasteiger partial charge in [0.2, 0.25) is 10.0 Å². The Balaban J connectivity index is 2.04. The van der Waals surface area contributed by atoms with Crippen molar-refractivity contribution in [3.8, 4) is 6.07 Å². The third kappa shape index (κ3) is 2.73. The number of nitrogens with zero attached hydrogens (tertiary/aromatic N) is 2. The molecule has 2 heterocycles. The zero-order valence-corrected chi connectivity index (χ0v) is 13.8. The molecular formula is C14H16BrN3O2S. The van der Waals surface area contributed by atoms with Crippen LogP contribution in [0.3, 0.4) is 0 Å². The van der Waals surface area contributed by atoms with E-state index in [9.17, 15) is 8.42 Å². The second-order valence-corrected chi connectivity index (χ2v) is 8.26. The summed E-state index contributed by atoms with van der Waals surface area (Å²) >= 11 is 3.29. The number of rotatable bonds is 2. The third-order valence-electron chi connectivity index (χ3n) is 4.16.